The van der Waals surface area contributed by atoms with Crippen molar-refractivity contribution in [3.63, 3.8) is 0 Å². The molecule has 2 aromatic rings. The lowest BCUT2D eigenvalue weighted by atomic mass is 10.1. The van der Waals surface area contributed by atoms with E-state index in [1.807, 2.05) is 6.07 Å². The van der Waals surface area contributed by atoms with Crippen LogP contribution in [0, 0.1) is 0 Å². The Kier molecular flexibility index (Phi) is 2.55. The van der Waals surface area contributed by atoms with Crippen LogP contribution in [0.5, 0.6) is 0 Å². The van der Waals surface area contributed by atoms with E-state index in [1.165, 1.54) is 12.8 Å². The fourth-order valence-electron chi connectivity index (χ4n) is 1.61. The van der Waals surface area contributed by atoms with Gasteiger partial charge in [0.15, 0.2) is 13.7 Å². The predicted octanol–water partition coefficient (Wildman–Crippen LogP) is 0.903. The van der Waals surface area contributed by atoms with Crippen molar-refractivity contribution >= 4 is 37.8 Å². The molecule has 3 rings (SSSR count). The van der Waals surface area contributed by atoms with Crippen molar-refractivity contribution in [2.75, 3.05) is 5.32 Å². The largest absolute Gasteiger partial charge is 0.322 e. The zero-order valence-electron chi connectivity index (χ0n) is 9.01. The number of hydrogen-bond donors (Lipinski definition) is 3. The first kappa shape index (κ1) is 10.6. The standard InChI is InChI=1S/C10H10BN5S/c11-10-12-4-7(17)9(14-10)13-8-3-6(15-16-8)5-1-2-5/h3-5,17H,1-2H2,(H2,12,13,14,15,16). The molecule has 0 amide bonds. The normalized spacial score (nSPS) is 14.9. The molecule has 0 atom stereocenters. The molecule has 2 radical (unpaired) electrons. The lowest BCUT2D eigenvalue weighted by Gasteiger charge is -2.05. The molecular formula is C10H10BN5S. The fourth-order valence-corrected chi connectivity index (χ4v) is 1.77. The summed E-state index contributed by atoms with van der Waals surface area (Å²) in [5, 5.41) is 10.2. The minimum Gasteiger partial charge on any atom is -0.322 e. The Labute approximate surface area is 105 Å². The molecule has 0 bridgehead atoms. The summed E-state index contributed by atoms with van der Waals surface area (Å²) >= 11 is 4.25. The molecule has 0 aliphatic heterocycles. The van der Waals surface area contributed by atoms with Crippen LogP contribution in [0.15, 0.2) is 17.2 Å². The highest BCUT2D eigenvalue weighted by molar-refractivity contribution is 7.80. The number of hydrogen-bond acceptors (Lipinski definition) is 5. The van der Waals surface area contributed by atoms with Crippen LogP contribution in [0.2, 0.25) is 0 Å². The van der Waals surface area contributed by atoms with Crippen molar-refractivity contribution in [2.24, 2.45) is 0 Å². The molecule has 5 nitrogen and oxygen atoms in total. The number of thiol groups is 1. The van der Waals surface area contributed by atoms with E-state index in [-0.39, 0.29) is 5.72 Å². The second-order valence-corrected chi connectivity index (χ2v) is 4.55. The van der Waals surface area contributed by atoms with Crippen molar-refractivity contribution < 1.29 is 0 Å². The van der Waals surface area contributed by atoms with E-state index in [9.17, 15) is 0 Å². The van der Waals surface area contributed by atoms with Gasteiger partial charge < -0.3 is 5.32 Å². The average molecular weight is 243 g/mol. The van der Waals surface area contributed by atoms with Crippen LogP contribution in [-0.2, 0) is 0 Å². The number of rotatable bonds is 3. The number of aromatic nitrogens is 4. The van der Waals surface area contributed by atoms with Crippen LogP contribution in [0.3, 0.4) is 0 Å². The third-order valence-corrected chi connectivity index (χ3v) is 2.98. The molecule has 0 saturated heterocycles. The van der Waals surface area contributed by atoms with Crippen molar-refractivity contribution in [2.45, 2.75) is 23.7 Å². The molecule has 1 saturated carbocycles. The summed E-state index contributed by atoms with van der Waals surface area (Å²) in [4.78, 5) is 8.54. The fraction of sp³-hybridized carbons (Fsp3) is 0.300. The Hall–Kier alpha value is -1.50. The maximum absolute atomic E-state index is 5.52. The molecule has 0 spiro atoms. The van der Waals surface area contributed by atoms with E-state index in [0.717, 1.165) is 11.5 Å². The summed E-state index contributed by atoms with van der Waals surface area (Å²) in [6, 6.07) is 1.99. The third kappa shape index (κ3) is 2.29. The number of nitrogens with zero attached hydrogens (tertiary/aromatic N) is 3. The zero-order valence-corrected chi connectivity index (χ0v) is 9.91. The van der Waals surface area contributed by atoms with Gasteiger partial charge in [0.1, 0.15) is 5.82 Å². The van der Waals surface area contributed by atoms with Gasteiger partial charge in [-0.05, 0) is 12.8 Å². The molecule has 17 heavy (non-hydrogen) atoms. The lowest BCUT2D eigenvalue weighted by Crippen LogP contribution is -2.14. The quantitative estimate of drug-likeness (QED) is 0.553. The van der Waals surface area contributed by atoms with Crippen LogP contribution >= 0.6 is 12.6 Å². The molecule has 84 valence electrons. The van der Waals surface area contributed by atoms with E-state index >= 15 is 0 Å². The van der Waals surface area contributed by atoms with E-state index in [2.05, 4.69) is 38.1 Å². The number of aromatic amines is 1. The molecule has 0 aromatic carbocycles. The second kappa shape index (κ2) is 4.07. The topological polar surface area (TPSA) is 66.5 Å². The van der Waals surface area contributed by atoms with Crippen LogP contribution in [0.25, 0.3) is 0 Å². The SMILES string of the molecule is [B]c1ncc(S)c(Nc2cc(C3CC3)[nH]n2)n1. The van der Waals surface area contributed by atoms with Gasteiger partial charge in [-0.15, -0.1) is 12.6 Å². The highest BCUT2D eigenvalue weighted by Crippen LogP contribution is 2.39. The second-order valence-electron chi connectivity index (χ2n) is 4.07. The van der Waals surface area contributed by atoms with Crippen molar-refractivity contribution in [1.29, 1.82) is 0 Å². The summed E-state index contributed by atoms with van der Waals surface area (Å²) in [5.74, 6) is 1.93. The van der Waals surface area contributed by atoms with Gasteiger partial charge in [-0.3, -0.25) is 10.1 Å². The molecule has 0 unspecified atom stereocenters. The van der Waals surface area contributed by atoms with Crippen molar-refractivity contribution in [3.8, 4) is 0 Å². The highest BCUT2D eigenvalue weighted by atomic mass is 32.1. The minimum atomic E-state index is 0.211. The summed E-state index contributed by atoms with van der Waals surface area (Å²) in [7, 11) is 5.52. The number of H-pyrrole nitrogens is 1. The maximum atomic E-state index is 5.52. The van der Waals surface area contributed by atoms with Crippen molar-refractivity contribution in [1.82, 2.24) is 20.2 Å². The summed E-state index contributed by atoms with van der Waals surface area (Å²) in [5.41, 5.74) is 1.37. The molecule has 2 aromatic heterocycles. The predicted molar refractivity (Wildman–Crippen MR) is 68.5 cm³/mol. The molecule has 2 heterocycles. The first-order valence-corrected chi connectivity index (χ1v) is 5.81. The lowest BCUT2D eigenvalue weighted by molar-refractivity contribution is 0.966. The third-order valence-electron chi connectivity index (χ3n) is 2.65. The van der Waals surface area contributed by atoms with E-state index in [0.29, 0.717) is 16.6 Å². The van der Waals surface area contributed by atoms with Crippen LogP contribution in [0.4, 0.5) is 11.6 Å². The molecular weight excluding hydrogens is 233 g/mol. The molecule has 7 heteroatoms. The zero-order chi connectivity index (χ0) is 11.8. The van der Waals surface area contributed by atoms with Crippen LogP contribution < -0.4 is 11.0 Å². The Morgan fingerprint density at radius 3 is 3.06 bits per heavy atom. The van der Waals surface area contributed by atoms with Gasteiger partial charge in [0.2, 0.25) is 0 Å². The van der Waals surface area contributed by atoms with Gasteiger partial charge in [0, 0.05) is 23.9 Å². The number of anilines is 2. The maximum Gasteiger partial charge on any atom is 0.170 e. The Bertz CT molecular complexity index is 551. The van der Waals surface area contributed by atoms with Crippen LogP contribution in [-0.4, -0.2) is 28.0 Å². The van der Waals surface area contributed by atoms with Gasteiger partial charge in [-0.25, -0.2) is 4.98 Å². The van der Waals surface area contributed by atoms with Crippen LogP contribution in [0.1, 0.15) is 24.5 Å². The number of nitrogens with one attached hydrogen (secondary N) is 2. The smallest absolute Gasteiger partial charge is 0.170 e. The Balaban J connectivity index is 1.82. The summed E-state index contributed by atoms with van der Waals surface area (Å²) < 4.78 is 0. The summed E-state index contributed by atoms with van der Waals surface area (Å²) in [6.45, 7) is 0. The van der Waals surface area contributed by atoms with Gasteiger partial charge in [-0.1, -0.05) is 0 Å². The van der Waals surface area contributed by atoms with E-state index < -0.39 is 0 Å². The summed E-state index contributed by atoms with van der Waals surface area (Å²) in [6.07, 6.45) is 4.03. The van der Waals surface area contributed by atoms with Gasteiger partial charge >= 0.3 is 0 Å². The molecule has 1 fully saturated rings. The van der Waals surface area contributed by atoms with Crippen molar-refractivity contribution in [3.05, 3.63) is 18.0 Å². The monoisotopic (exact) mass is 243 g/mol. The Morgan fingerprint density at radius 1 is 1.47 bits per heavy atom. The van der Waals surface area contributed by atoms with E-state index in [1.54, 1.807) is 6.20 Å². The van der Waals surface area contributed by atoms with E-state index in [4.69, 9.17) is 7.85 Å². The molecule has 1 aliphatic rings. The highest BCUT2D eigenvalue weighted by Gasteiger charge is 2.25. The first-order valence-electron chi connectivity index (χ1n) is 5.36. The van der Waals surface area contributed by atoms with Gasteiger partial charge in [0.05, 0.1) is 10.6 Å². The van der Waals surface area contributed by atoms with Gasteiger partial charge in [0.25, 0.3) is 0 Å². The first-order chi connectivity index (χ1) is 8.22. The minimum absolute atomic E-state index is 0.211. The molecule has 1 aliphatic carbocycles. The molecule has 2 N–H and O–H groups in total. The Morgan fingerprint density at radius 2 is 2.29 bits per heavy atom. The van der Waals surface area contributed by atoms with Gasteiger partial charge in [-0.2, -0.15) is 5.10 Å². The average Bonchev–Trinajstić information content (AvgIpc) is 3.05.